The largest absolute Gasteiger partial charge is 0.482 e. The summed E-state index contributed by atoms with van der Waals surface area (Å²) in [5.41, 5.74) is -2.93. The molecule has 2 aliphatic rings. The van der Waals surface area contributed by atoms with Gasteiger partial charge in [-0.15, -0.1) is 0 Å². The Morgan fingerprint density at radius 3 is 2.18 bits per heavy atom. The van der Waals surface area contributed by atoms with Crippen molar-refractivity contribution in [1.82, 2.24) is 5.32 Å². The van der Waals surface area contributed by atoms with Gasteiger partial charge in [0.1, 0.15) is 5.75 Å². The molecule has 3 amide bonds. The van der Waals surface area contributed by atoms with Crippen molar-refractivity contribution in [2.75, 3.05) is 11.5 Å². The molecule has 1 fully saturated rings. The highest BCUT2D eigenvalue weighted by Crippen LogP contribution is 2.39. The number of nitrogens with zero attached hydrogens (tertiary/aromatic N) is 1. The zero-order valence-electron chi connectivity index (χ0n) is 16.7. The third-order valence-corrected chi connectivity index (χ3v) is 5.66. The average Bonchev–Trinajstić information content (AvgIpc) is 3.05. The molecule has 2 aromatic carbocycles. The first-order valence-electron chi connectivity index (χ1n) is 9.42. The molecular formula is C21H12F6N2O4S. The van der Waals surface area contributed by atoms with Crippen LogP contribution in [0, 0.1) is 0 Å². The van der Waals surface area contributed by atoms with Crippen LogP contribution in [0.3, 0.4) is 0 Å². The highest BCUT2D eigenvalue weighted by Gasteiger charge is 2.37. The molecule has 4 rings (SSSR count). The number of alkyl halides is 6. The number of benzene rings is 2. The second kappa shape index (κ2) is 8.38. The van der Waals surface area contributed by atoms with Gasteiger partial charge in [-0.3, -0.25) is 19.7 Å². The van der Waals surface area contributed by atoms with Gasteiger partial charge in [0, 0.05) is 0 Å². The predicted octanol–water partition coefficient (Wildman–Crippen LogP) is 4.97. The first kappa shape index (κ1) is 23.7. The number of hydrogen-bond donors (Lipinski definition) is 1. The normalized spacial score (nSPS) is 17.6. The second-order valence-electron chi connectivity index (χ2n) is 7.26. The number of anilines is 1. The lowest BCUT2D eigenvalue weighted by atomic mass is 10.0. The van der Waals surface area contributed by atoms with Crippen LogP contribution in [-0.4, -0.2) is 23.7 Å². The van der Waals surface area contributed by atoms with E-state index < -0.39 is 53.7 Å². The van der Waals surface area contributed by atoms with Crippen LogP contribution in [0.15, 0.2) is 41.3 Å². The van der Waals surface area contributed by atoms with Crippen molar-refractivity contribution in [1.29, 1.82) is 0 Å². The van der Waals surface area contributed by atoms with Gasteiger partial charge in [0.2, 0.25) is 0 Å². The van der Waals surface area contributed by atoms with Gasteiger partial charge in [-0.2, -0.15) is 26.3 Å². The minimum absolute atomic E-state index is 0.00841. The van der Waals surface area contributed by atoms with E-state index in [1.165, 1.54) is 24.3 Å². The molecule has 2 aliphatic heterocycles. The summed E-state index contributed by atoms with van der Waals surface area (Å²) in [5, 5.41) is 1.51. The van der Waals surface area contributed by atoms with Crippen LogP contribution < -0.4 is 15.0 Å². The summed E-state index contributed by atoms with van der Waals surface area (Å²) >= 11 is 0.654. The van der Waals surface area contributed by atoms with E-state index in [9.17, 15) is 40.7 Å². The zero-order chi connectivity index (χ0) is 24.8. The Hall–Kier alpha value is -3.48. The Balaban J connectivity index is 1.73. The van der Waals surface area contributed by atoms with Gasteiger partial charge in [-0.25, -0.2) is 0 Å². The van der Waals surface area contributed by atoms with E-state index in [1.54, 1.807) is 0 Å². The van der Waals surface area contributed by atoms with E-state index in [2.05, 4.69) is 5.32 Å². The summed E-state index contributed by atoms with van der Waals surface area (Å²) in [7, 11) is 0. The van der Waals surface area contributed by atoms with E-state index in [4.69, 9.17) is 4.74 Å². The maximum atomic E-state index is 13.2. The Bertz CT molecular complexity index is 1210. The van der Waals surface area contributed by atoms with Crippen LogP contribution >= 0.6 is 11.8 Å². The van der Waals surface area contributed by atoms with Gasteiger partial charge < -0.3 is 9.64 Å². The molecule has 0 saturated carbocycles. The molecule has 0 atom stereocenters. The van der Waals surface area contributed by atoms with E-state index in [-0.39, 0.29) is 28.0 Å². The van der Waals surface area contributed by atoms with Crippen LogP contribution in [0.4, 0.5) is 36.8 Å². The van der Waals surface area contributed by atoms with E-state index in [0.717, 1.165) is 4.90 Å². The lowest BCUT2D eigenvalue weighted by Gasteiger charge is -2.30. The molecule has 0 spiro atoms. The Morgan fingerprint density at radius 1 is 0.971 bits per heavy atom. The number of hydrogen-bond acceptors (Lipinski definition) is 5. The molecule has 0 unspecified atom stereocenters. The Kier molecular flexibility index (Phi) is 5.84. The van der Waals surface area contributed by atoms with Crippen LogP contribution in [0.25, 0.3) is 6.08 Å². The zero-order valence-corrected chi connectivity index (χ0v) is 17.5. The van der Waals surface area contributed by atoms with Crippen LogP contribution in [0.1, 0.15) is 22.3 Å². The summed E-state index contributed by atoms with van der Waals surface area (Å²) in [4.78, 5) is 36.7. The lowest BCUT2D eigenvalue weighted by molar-refractivity contribution is -0.143. The van der Waals surface area contributed by atoms with E-state index in [0.29, 0.717) is 29.5 Å². The molecule has 0 radical (unpaired) electrons. The highest BCUT2D eigenvalue weighted by atomic mass is 32.2. The third kappa shape index (κ3) is 4.88. The van der Waals surface area contributed by atoms with Crippen molar-refractivity contribution in [2.45, 2.75) is 18.9 Å². The first-order valence-corrected chi connectivity index (χ1v) is 10.2. The van der Waals surface area contributed by atoms with Crippen molar-refractivity contribution in [3.05, 3.63) is 63.6 Å². The van der Waals surface area contributed by atoms with Gasteiger partial charge in [-0.05, 0) is 59.3 Å². The fraction of sp³-hybridized carbons (Fsp3) is 0.190. The molecule has 2 aromatic rings. The monoisotopic (exact) mass is 502 g/mol. The molecule has 0 aliphatic carbocycles. The quantitative estimate of drug-likeness (QED) is 0.474. The van der Waals surface area contributed by atoms with Crippen molar-refractivity contribution < 1.29 is 45.5 Å². The summed E-state index contributed by atoms with van der Waals surface area (Å²) in [5.74, 6) is -1.14. The number of nitrogens with one attached hydrogen (secondary N) is 1. The number of ether oxygens (including phenoxy) is 1. The molecule has 1 N–H and O–H groups in total. The maximum absolute atomic E-state index is 13.2. The SMILES string of the molecule is O=C1NC(=O)C(=Cc2ccc3c(c2)N(Cc2cc(C(F)(F)F)cc(C(F)(F)F)c2)C(=O)CO3)S1. The summed E-state index contributed by atoms with van der Waals surface area (Å²) < 4.78 is 84.5. The lowest BCUT2D eigenvalue weighted by Crippen LogP contribution is -2.38. The number of carbonyl (C=O) groups excluding carboxylic acids is 3. The number of thioether (sulfide) groups is 1. The molecule has 34 heavy (non-hydrogen) atoms. The number of carbonyl (C=O) groups is 3. The second-order valence-corrected chi connectivity index (χ2v) is 8.28. The molecule has 2 heterocycles. The fourth-order valence-electron chi connectivity index (χ4n) is 3.35. The number of fused-ring (bicyclic) bond motifs is 1. The minimum atomic E-state index is -5.03. The van der Waals surface area contributed by atoms with Gasteiger partial charge in [0.05, 0.1) is 28.3 Å². The third-order valence-electron chi connectivity index (χ3n) is 4.85. The predicted molar refractivity (Wildman–Crippen MR) is 109 cm³/mol. The smallest absolute Gasteiger partial charge is 0.416 e. The van der Waals surface area contributed by atoms with Crippen molar-refractivity contribution >= 4 is 40.6 Å². The molecule has 6 nitrogen and oxygen atoms in total. The van der Waals surface area contributed by atoms with Crippen LogP contribution in [-0.2, 0) is 28.5 Å². The Morgan fingerprint density at radius 2 is 1.62 bits per heavy atom. The molecule has 0 aromatic heterocycles. The number of imide groups is 1. The van der Waals surface area contributed by atoms with Gasteiger partial charge in [-0.1, -0.05) is 6.07 Å². The van der Waals surface area contributed by atoms with Gasteiger partial charge >= 0.3 is 12.4 Å². The van der Waals surface area contributed by atoms with Crippen LogP contribution in [0.5, 0.6) is 5.75 Å². The standard InChI is InChI=1S/C21H12F6N2O4S/c22-20(23,24)12-3-11(4-13(7-12)21(25,26)27)8-29-14-5-10(1-2-15(14)33-9-17(29)30)6-16-18(31)28-19(32)34-16/h1-7H,8-9H2,(H,28,31,32). The van der Waals surface area contributed by atoms with Crippen molar-refractivity contribution in [3.63, 3.8) is 0 Å². The van der Waals surface area contributed by atoms with E-state index >= 15 is 0 Å². The first-order chi connectivity index (χ1) is 15.8. The fourth-order valence-corrected chi connectivity index (χ4v) is 4.03. The molecule has 178 valence electrons. The molecule has 1 saturated heterocycles. The molecular weight excluding hydrogens is 490 g/mol. The minimum Gasteiger partial charge on any atom is -0.482 e. The number of rotatable bonds is 3. The number of amides is 3. The van der Waals surface area contributed by atoms with Gasteiger partial charge in [0.25, 0.3) is 17.1 Å². The molecule has 13 heteroatoms. The Labute approximate surface area is 191 Å². The summed E-state index contributed by atoms with van der Waals surface area (Å²) in [6, 6.07) is 5.45. The average molecular weight is 502 g/mol. The molecule has 0 bridgehead atoms. The topological polar surface area (TPSA) is 75.7 Å². The number of halogens is 6. The van der Waals surface area contributed by atoms with Crippen molar-refractivity contribution in [2.24, 2.45) is 0 Å². The summed E-state index contributed by atoms with van der Waals surface area (Å²) in [6.07, 6.45) is -8.70. The van der Waals surface area contributed by atoms with Gasteiger partial charge in [0.15, 0.2) is 6.61 Å². The maximum Gasteiger partial charge on any atom is 0.416 e. The van der Waals surface area contributed by atoms with Crippen molar-refractivity contribution in [3.8, 4) is 5.75 Å². The highest BCUT2D eigenvalue weighted by molar-refractivity contribution is 8.18. The summed E-state index contributed by atoms with van der Waals surface area (Å²) in [6.45, 7) is -1.05. The van der Waals surface area contributed by atoms with E-state index in [1.807, 2.05) is 0 Å². The van der Waals surface area contributed by atoms with Crippen LogP contribution in [0.2, 0.25) is 0 Å².